The monoisotopic (exact) mass is 313 g/mol. The van der Waals surface area contributed by atoms with E-state index in [1.807, 2.05) is 6.07 Å². The lowest BCUT2D eigenvalue weighted by molar-refractivity contribution is -0.134. The van der Waals surface area contributed by atoms with E-state index in [9.17, 15) is 9.59 Å². The molecule has 1 amide bonds. The topological polar surface area (TPSA) is 94.2 Å². The Balaban J connectivity index is 2.61. The number of carbonyl (C=O) groups is 2. The Bertz CT molecular complexity index is 643. The maximum atomic E-state index is 12.0. The molecule has 0 aliphatic heterocycles. The second-order valence-corrected chi connectivity index (χ2v) is 5.07. The van der Waals surface area contributed by atoms with Gasteiger partial charge in [-0.15, -0.1) is 0 Å². The highest BCUT2D eigenvalue weighted by Crippen LogP contribution is 2.08. The second-order valence-electron chi connectivity index (χ2n) is 5.07. The van der Waals surface area contributed by atoms with E-state index in [1.165, 1.54) is 4.90 Å². The van der Waals surface area contributed by atoms with E-state index in [-0.39, 0.29) is 24.9 Å². The molecule has 1 aromatic rings. The summed E-state index contributed by atoms with van der Waals surface area (Å²) in [6.07, 6.45) is 0.204. The van der Waals surface area contributed by atoms with Crippen LogP contribution in [0.4, 0.5) is 0 Å². The van der Waals surface area contributed by atoms with Crippen LogP contribution in [0.3, 0.4) is 0 Å². The molecule has 0 saturated carbocycles. The zero-order chi connectivity index (χ0) is 17.2. The summed E-state index contributed by atoms with van der Waals surface area (Å²) in [4.78, 5) is 25.5. The minimum Gasteiger partial charge on any atom is -0.452 e. The minimum atomic E-state index is -0.609. The Hall–Kier alpha value is -2.86. The first-order chi connectivity index (χ1) is 11.0. The van der Waals surface area contributed by atoms with Gasteiger partial charge in [-0.3, -0.25) is 4.79 Å². The molecule has 0 fully saturated rings. The van der Waals surface area contributed by atoms with Crippen LogP contribution in [-0.4, -0.2) is 36.5 Å². The predicted octanol–water partition coefficient (Wildman–Crippen LogP) is 1.92. The normalized spacial score (nSPS) is 11.0. The lowest BCUT2D eigenvalue weighted by Gasteiger charge is -2.21. The Kier molecular flexibility index (Phi) is 7.29. The Morgan fingerprint density at radius 2 is 2.09 bits per heavy atom. The van der Waals surface area contributed by atoms with Crippen molar-refractivity contribution in [1.29, 1.82) is 10.5 Å². The molecule has 0 aliphatic rings. The standard InChI is InChI=1S/C17H19N3O3/c1-3-20(11-13(2)10-19)16(21)12-23-17(22)15-6-4-5-14(9-15)7-8-18/h4-6,9,13H,3,7,11-12H2,1-2H3. The molecule has 0 aromatic heterocycles. The molecule has 0 spiro atoms. The summed E-state index contributed by atoms with van der Waals surface area (Å²) >= 11 is 0. The minimum absolute atomic E-state index is 0.204. The second kappa shape index (κ2) is 9.22. The van der Waals surface area contributed by atoms with Gasteiger partial charge in [0.05, 0.1) is 30.0 Å². The van der Waals surface area contributed by atoms with Crippen molar-refractivity contribution in [3.63, 3.8) is 0 Å². The first kappa shape index (κ1) is 18.2. The molecular formula is C17H19N3O3. The number of carbonyl (C=O) groups excluding carboxylic acids is 2. The van der Waals surface area contributed by atoms with Gasteiger partial charge in [0, 0.05) is 13.1 Å². The molecule has 1 atom stereocenters. The summed E-state index contributed by atoms with van der Waals surface area (Å²) in [5.74, 6) is -1.23. The van der Waals surface area contributed by atoms with Crippen molar-refractivity contribution in [1.82, 2.24) is 4.90 Å². The molecule has 1 unspecified atom stereocenters. The van der Waals surface area contributed by atoms with Crippen LogP contribution in [0.25, 0.3) is 0 Å². The molecule has 1 aromatic carbocycles. The van der Waals surface area contributed by atoms with Crippen LogP contribution in [0, 0.1) is 28.6 Å². The van der Waals surface area contributed by atoms with Crippen LogP contribution in [0.15, 0.2) is 24.3 Å². The highest BCUT2D eigenvalue weighted by Gasteiger charge is 2.17. The molecule has 0 saturated heterocycles. The number of nitrogens with zero attached hydrogens (tertiary/aromatic N) is 3. The largest absolute Gasteiger partial charge is 0.452 e. The van der Waals surface area contributed by atoms with Gasteiger partial charge < -0.3 is 9.64 Å². The lowest BCUT2D eigenvalue weighted by atomic mass is 10.1. The fourth-order valence-electron chi connectivity index (χ4n) is 1.98. The molecule has 23 heavy (non-hydrogen) atoms. The molecular weight excluding hydrogens is 294 g/mol. The van der Waals surface area contributed by atoms with Crippen molar-refractivity contribution in [2.75, 3.05) is 19.7 Å². The fourth-order valence-corrected chi connectivity index (χ4v) is 1.98. The molecule has 1 rings (SSSR count). The quantitative estimate of drug-likeness (QED) is 0.717. The zero-order valence-electron chi connectivity index (χ0n) is 13.3. The summed E-state index contributed by atoms with van der Waals surface area (Å²) in [5.41, 5.74) is 1.02. The number of rotatable bonds is 7. The van der Waals surface area contributed by atoms with E-state index in [1.54, 1.807) is 38.1 Å². The average molecular weight is 313 g/mol. The van der Waals surface area contributed by atoms with E-state index in [0.29, 0.717) is 24.2 Å². The van der Waals surface area contributed by atoms with Gasteiger partial charge in [0.15, 0.2) is 6.61 Å². The van der Waals surface area contributed by atoms with Crippen molar-refractivity contribution < 1.29 is 14.3 Å². The van der Waals surface area contributed by atoms with Crippen molar-refractivity contribution in [3.05, 3.63) is 35.4 Å². The van der Waals surface area contributed by atoms with Crippen molar-refractivity contribution in [2.24, 2.45) is 5.92 Å². The van der Waals surface area contributed by atoms with Crippen LogP contribution in [0.2, 0.25) is 0 Å². The van der Waals surface area contributed by atoms with Crippen molar-refractivity contribution in [2.45, 2.75) is 20.3 Å². The molecule has 6 nitrogen and oxygen atoms in total. The number of hydrogen-bond acceptors (Lipinski definition) is 5. The number of esters is 1. The molecule has 0 N–H and O–H groups in total. The fraction of sp³-hybridized carbons (Fsp3) is 0.412. The number of nitriles is 2. The van der Waals surface area contributed by atoms with E-state index >= 15 is 0 Å². The Morgan fingerprint density at radius 1 is 1.35 bits per heavy atom. The summed E-state index contributed by atoms with van der Waals surface area (Å²) in [5, 5.41) is 17.5. The highest BCUT2D eigenvalue weighted by atomic mass is 16.5. The van der Waals surface area contributed by atoms with Gasteiger partial charge in [-0.1, -0.05) is 12.1 Å². The summed E-state index contributed by atoms with van der Waals surface area (Å²) in [7, 11) is 0. The maximum Gasteiger partial charge on any atom is 0.338 e. The highest BCUT2D eigenvalue weighted by molar-refractivity contribution is 5.91. The molecule has 120 valence electrons. The third-order valence-electron chi connectivity index (χ3n) is 3.22. The van der Waals surface area contributed by atoms with Gasteiger partial charge in [0.2, 0.25) is 0 Å². The van der Waals surface area contributed by atoms with Crippen LogP contribution < -0.4 is 0 Å². The third kappa shape index (κ3) is 5.80. The van der Waals surface area contributed by atoms with E-state index in [2.05, 4.69) is 6.07 Å². The lowest BCUT2D eigenvalue weighted by Crippen LogP contribution is -2.37. The summed E-state index contributed by atoms with van der Waals surface area (Å²) < 4.78 is 5.03. The van der Waals surface area contributed by atoms with E-state index in [0.717, 1.165) is 0 Å². The SMILES string of the molecule is CCN(CC(C)C#N)C(=O)COC(=O)c1cccc(CC#N)c1. The van der Waals surface area contributed by atoms with Crippen LogP contribution in [0.1, 0.15) is 29.8 Å². The first-order valence-corrected chi connectivity index (χ1v) is 7.32. The smallest absolute Gasteiger partial charge is 0.338 e. The van der Waals surface area contributed by atoms with Crippen molar-refractivity contribution in [3.8, 4) is 12.1 Å². The number of amides is 1. The van der Waals surface area contributed by atoms with Crippen LogP contribution in [-0.2, 0) is 16.0 Å². The zero-order valence-corrected chi connectivity index (χ0v) is 13.3. The predicted molar refractivity (Wildman–Crippen MR) is 83.1 cm³/mol. The maximum absolute atomic E-state index is 12.0. The van der Waals surface area contributed by atoms with Gasteiger partial charge in [-0.25, -0.2) is 4.79 Å². The van der Waals surface area contributed by atoms with Gasteiger partial charge >= 0.3 is 5.97 Å². The third-order valence-corrected chi connectivity index (χ3v) is 3.22. The average Bonchev–Trinajstić information content (AvgIpc) is 2.57. The van der Waals surface area contributed by atoms with Gasteiger partial charge in [-0.05, 0) is 31.5 Å². The van der Waals surface area contributed by atoms with Crippen LogP contribution in [0.5, 0.6) is 0 Å². The Morgan fingerprint density at radius 3 is 2.70 bits per heavy atom. The number of benzene rings is 1. The van der Waals surface area contributed by atoms with Gasteiger partial charge in [0.25, 0.3) is 5.91 Å². The van der Waals surface area contributed by atoms with Crippen LogP contribution >= 0.6 is 0 Å². The molecule has 0 bridgehead atoms. The number of ether oxygens (including phenoxy) is 1. The number of likely N-dealkylation sites (N-methyl/N-ethyl adjacent to an activating group) is 1. The summed E-state index contributed by atoms with van der Waals surface area (Å²) in [6, 6.07) is 10.6. The Labute approximate surface area is 135 Å². The number of hydrogen-bond donors (Lipinski definition) is 0. The molecule has 0 radical (unpaired) electrons. The molecule has 6 heteroatoms. The van der Waals surface area contributed by atoms with Gasteiger partial charge in [0.1, 0.15) is 0 Å². The first-order valence-electron chi connectivity index (χ1n) is 7.32. The molecule has 0 heterocycles. The van der Waals surface area contributed by atoms with Crippen molar-refractivity contribution >= 4 is 11.9 Å². The molecule has 0 aliphatic carbocycles. The summed E-state index contributed by atoms with van der Waals surface area (Å²) in [6.45, 7) is 3.91. The van der Waals surface area contributed by atoms with Gasteiger partial charge in [-0.2, -0.15) is 10.5 Å². The van der Waals surface area contributed by atoms with E-state index in [4.69, 9.17) is 15.3 Å². The van der Waals surface area contributed by atoms with E-state index < -0.39 is 5.97 Å².